The van der Waals surface area contributed by atoms with Crippen LogP contribution in [0.3, 0.4) is 0 Å². The van der Waals surface area contributed by atoms with Crippen molar-refractivity contribution in [2.75, 3.05) is 24.5 Å². The molecule has 0 aliphatic carbocycles. The van der Waals surface area contributed by atoms with Gasteiger partial charge in [-0.25, -0.2) is 5.10 Å². The monoisotopic (exact) mass is 298 g/mol. The van der Waals surface area contributed by atoms with Crippen LogP contribution in [0.1, 0.15) is 16.9 Å². The van der Waals surface area contributed by atoms with Gasteiger partial charge in [0.25, 0.3) is 11.5 Å². The van der Waals surface area contributed by atoms with Gasteiger partial charge in [0.15, 0.2) is 0 Å². The second-order valence-corrected chi connectivity index (χ2v) is 5.45. The van der Waals surface area contributed by atoms with Gasteiger partial charge >= 0.3 is 0 Å². The van der Waals surface area contributed by atoms with Crippen molar-refractivity contribution in [2.24, 2.45) is 5.92 Å². The smallest absolute Gasteiger partial charge is 0.271 e. The highest BCUT2D eigenvalue weighted by atomic mass is 16.2. The Balaban J connectivity index is 1.51. The topological polar surface area (TPSA) is 78.1 Å². The number of aromatic amines is 1. The summed E-state index contributed by atoms with van der Waals surface area (Å²) in [5.41, 5.74) is 1.14. The van der Waals surface area contributed by atoms with Crippen LogP contribution in [0, 0.1) is 5.92 Å². The number of rotatable bonds is 4. The van der Waals surface area contributed by atoms with Crippen molar-refractivity contribution >= 4 is 11.6 Å². The van der Waals surface area contributed by atoms with E-state index < -0.39 is 0 Å². The van der Waals surface area contributed by atoms with Crippen LogP contribution in [0.2, 0.25) is 0 Å². The zero-order chi connectivity index (χ0) is 15.4. The first kappa shape index (κ1) is 14.3. The van der Waals surface area contributed by atoms with E-state index in [1.165, 1.54) is 17.8 Å². The number of para-hydroxylation sites is 1. The minimum absolute atomic E-state index is 0.234. The second-order valence-electron chi connectivity index (χ2n) is 5.45. The lowest BCUT2D eigenvalue weighted by atomic mass is 10.1. The summed E-state index contributed by atoms with van der Waals surface area (Å²) in [5, 5.41) is 8.87. The van der Waals surface area contributed by atoms with E-state index in [1.54, 1.807) is 0 Å². The van der Waals surface area contributed by atoms with Crippen LogP contribution in [0.4, 0.5) is 5.69 Å². The molecule has 1 aliphatic rings. The predicted octanol–water partition coefficient (Wildman–Crippen LogP) is 1.03. The van der Waals surface area contributed by atoms with Crippen LogP contribution in [0.15, 0.2) is 47.3 Å². The predicted molar refractivity (Wildman–Crippen MR) is 84.0 cm³/mol. The summed E-state index contributed by atoms with van der Waals surface area (Å²) < 4.78 is 0. The van der Waals surface area contributed by atoms with Crippen molar-refractivity contribution in [3.8, 4) is 0 Å². The highest BCUT2D eigenvalue weighted by Gasteiger charge is 2.23. The van der Waals surface area contributed by atoms with Crippen molar-refractivity contribution < 1.29 is 4.79 Å². The molecule has 0 spiro atoms. The maximum atomic E-state index is 12.0. The van der Waals surface area contributed by atoms with Gasteiger partial charge in [-0.2, -0.15) is 5.10 Å². The number of carbonyl (C=O) groups excluding carboxylic acids is 1. The molecule has 6 nitrogen and oxygen atoms in total. The summed E-state index contributed by atoms with van der Waals surface area (Å²) in [6, 6.07) is 13.0. The van der Waals surface area contributed by atoms with Crippen molar-refractivity contribution in [3.05, 3.63) is 58.5 Å². The molecule has 3 rings (SSSR count). The number of H-pyrrole nitrogens is 1. The average Bonchev–Trinajstić information content (AvgIpc) is 3.03. The fraction of sp³-hybridized carbons (Fsp3) is 0.312. The van der Waals surface area contributed by atoms with Gasteiger partial charge in [-0.1, -0.05) is 18.2 Å². The third kappa shape index (κ3) is 3.33. The number of benzene rings is 1. The largest absolute Gasteiger partial charge is 0.371 e. The molecule has 1 amide bonds. The quantitative estimate of drug-likeness (QED) is 0.883. The molecule has 1 aromatic heterocycles. The van der Waals surface area contributed by atoms with E-state index in [9.17, 15) is 9.59 Å². The summed E-state index contributed by atoms with van der Waals surface area (Å²) in [5.74, 6) is 0.168. The van der Waals surface area contributed by atoms with Gasteiger partial charge in [-0.3, -0.25) is 9.59 Å². The Morgan fingerprint density at radius 1 is 1.27 bits per heavy atom. The van der Waals surface area contributed by atoms with E-state index in [0.717, 1.165) is 19.5 Å². The number of hydrogen-bond acceptors (Lipinski definition) is 4. The van der Waals surface area contributed by atoms with Crippen molar-refractivity contribution in [1.29, 1.82) is 0 Å². The molecule has 1 saturated heterocycles. The molecule has 2 aromatic rings. The van der Waals surface area contributed by atoms with E-state index in [-0.39, 0.29) is 17.2 Å². The molecular weight excluding hydrogens is 280 g/mol. The minimum Gasteiger partial charge on any atom is -0.371 e. The Kier molecular flexibility index (Phi) is 4.18. The molecule has 1 aliphatic heterocycles. The summed E-state index contributed by atoms with van der Waals surface area (Å²) in [4.78, 5) is 25.2. The van der Waals surface area contributed by atoms with Crippen LogP contribution in [0.25, 0.3) is 0 Å². The molecule has 0 unspecified atom stereocenters. The van der Waals surface area contributed by atoms with E-state index in [4.69, 9.17) is 0 Å². The third-order valence-electron chi connectivity index (χ3n) is 3.87. The second kappa shape index (κ2) is 6.43. The Morgan fingerprint density at radius 3 is 2.82 bits per heavy atom. The van der Waals surface area contributed by atoms with E-state index in [2.05, 4.69) is 32.5 Å². The molecule has 2 heterocycles. The molecule has 1 atom stereocenters. The van der Waals surface area contributed by atoms with Crippen LogP contribution in [-0.4, -0.2) is 35.7 Å². The fourth-order valence-corrected chi connectivity index (χ4v) is 2.67. The maximum absolute atomic E-state index is 12.0. The lowest BCUT2D eigenvalue weighted by Crippen LogP contribution is -2.32. The normalized spacial score (nSPS) is 17.5. The molecule has 1 aromatic carbocycles. The Hall–Kier alpha value is -2.63. The first-order valence-corrected chi connectivity index (χ1v) is 7.36. The zero-order valence-electron chi connectivity index (χ0n) is 12.2. The molecule has 1 fully saturated rings. The van der Waals surface area contributed by atoms with E-state index >= 15 is 0 Å². The number of anilines is 1. The molecule has 0 radical (unpaired) electrons. The SMILES string of the molecule is O=C(NC[C@@H]1CCN(c2ccccc2)C1)c1ccc(=O)[nH]n1. The molecule has 0 saturated carbocycles. The average molecular weight is 298 g/mol. The number of nitrogens with zero attached hydrogens (tertiary/aromatic N) is 2. The van der Waals surface area contributed by atoms with E-state index in [1.807, 2.05) is 18.2 Å². The number of aromatic nitrogens is 2. The van der Waals surface area contributed by atoms with Crippen molar-refractivity contribution in [2.45, 2.75) is 6.42 Å². The van der Waals surface area contributed by atoms with Gasteiger partial charge in [0.05, 0.1) is 0 Å². The van der Waals surface area contributed by atoms with Gasteiger partial charge in [-0.05, 0) is 30.5 Å². The van der Waals surface area contributed by atoms with Crippen LogP contribution >= 0.6 is 0 Å². The van der Waals surface area contributed by atoms with Gasteiger partial charge in [0, 0.05) is 31.4 Å². The highest BCUT2D eigenvalue weighted by Crippen LogP contribution is 2.22. The van der Waals surface area contributed by atoms with Gasteiger partial charge in [0.2, 0.25) is 0 Å². The number of amides is 1. The molecule has 22 heavy (non-hydrogen) atoms. The Labute approximate surface area is 128 Å². The molecular formula is C16H18N4O2. The molecule has 2 N–H and O–H groups in total. The minimum atomic E-state index is -0.314. The molecule has 0 bridgehead atoms. The Bertz CT molecular complexity index is 678. The number of nitrogens with one attached hydrogen (secondary N) is 2. The van der Waals surface area contributed by atoms with Gasteiger partial charge in [-0.15, -0.1) is 0 Å². The number of hydrogen-bond donors (Lipinski definition) is 2. The van der Waals surface area contributed by atoms with Crippen LogP contribution in [0.5, 0.6) is 0 Å². The highest BCUT2D eigenvalue weighted by molar-refractivity contribution is 5.91. The number of carbonyl (C=O) groups is 1. The van der Waals surface area contributed by atoms with Crippen molar-refractivity contribution in [3.63, 3.8) is 0 Å². The van der Waals surface area contributed by atoms with Gasteiger partial charge in [0.1, 0.15) is 5.69 Å². The summed E-state index contributed by atoms with van der Waals surface area (Å²) in [7, 11) is 0. The lowest BCUT2D eigenvalue weighted by Gasteiger charge is -2.18. The first-order valence-electron chi connectivity index (χ1n) is 7.36. The standard InChI is InChI=1S/C16H18N4O2/c21-15-7-6-14(18-19-15)16(22)17-10-12-8-9-20(11-12)13-4-2-1-3-5-13/h1-7,12H,8-11H2,(H,17,22)(H,19,21)/t12-/m0/s1. The van der Waals surface area contributed by atoms with Crippen molar-refractivity contribution in [1.82, 2.24) is 15.5 Å². The third-order valence-corrected chi connectivity index (χ3v) is 3.87. The summed E-state index contributed by atoms with van der Waals surface area (Å²) >= 11 is 0. The fourth-order valence-electron chi connectivity index (χ4n) is 2.67. The van der Waals surface area contributed by atoms with Gasteiger partial charge < -0.3 is 10.2 Å². The lowest BCUT2D eigenvalue weighted by molar-refractivity contribution is 0.0942. The summed E-state index contributed by atoms with van der Waals surface area (Å²) in [6.45, 7) is 2.55. The molecule has 6 heteroatoms. The van der Waals surface area contributed by atoms with Crippen LogP contribution < -0.4 is 15.8 Å². The molecule has 114 valence electrons. The maximum Gasteiger partial charge on any atom is 0.271 e. The first-order chi connectivity index (χ1) is 10.7. The summed E-state index contributed by atoms with van der Waals surface area (Å²) in [6.07, 6.45) is 1.05. The van der Waals surface area contributed by atoms with Crippen LogP contribution in [-0.2, 0) is 0 Å². The zero-order valence-corrected chi connectivity index (χ0v) is 12.2. The van der Waals surface area contributed by atoms with E-state index in [0.29, 0.717) is 12.5 Å². The Morgan fingerprint density at radius 2 is 2.09 bits per heavy atom.